The van der Waals surface area contributed by atoms with Crippen LogP contribution in [0.25, 0.3) is 0 Å². The Morgan fingerprint density at radius 2 is 1.78 bits per heavy atom. The fourth-order valence-electron chi connectivity index (χ4n) is 4.02. The number of thiocarbonyl (C=S) groups is 1. The quantitative estimate of drug-likeness (QED) is 0.157. The minimum absolute atomic E-state index is 0.111. The molecule has 9 nitrogen and oxygen atoms in total. The summed E-state index contributed by atoms with van der Waals surface area (Å²) in [6.07, 6.45) is 3.39. The highest BCUT2D eigenvalue weighted by atomic mass is 32.1. The Bertz CT molecular complexity index is 1150. The van der Waals surface area contributed by atoms with Crippen molar-refractivity contribution < 1.29 is 33.6 Å². The zero-order valence-corrected chi connectivity index (χ0v) is 24.5. The number of esters is 1. The highest BCUT2D eigenvalue weighted by Crippen LogP contribution is 2.37. The Morgan fingerprint density at radius 3 is 2.41 bits per heavy atom. The van der Waals surface area contributed by atoms with Crippen LogP contribution in [0.3, 0.4) is 0 Å². The third-order valence-corrected chi connectivity index (χ3v) is 6.43. The lowest BCUT2D eigenvalue weighted by atomic mass is 10.1. The molecule has 0 spiro atoms. The van der Waals surface area contributed by atoms with E-state index in [0.717, 1.165) is 38.5 Å². The zero-order valence-electron chi connectivity index (χ0n) is 23.6. The molecule has 0 saturated carbocycles. The molecule has 0 aromatic heterocycles. The molecule has 10 heteroatoms. The van der Waals surface area contributed by atoms with Crippen LogP contribution < -0.4 is 19.5 Å². The number of aliphatic hydroxyl groups excluding tert-OH is 1. The molecule has 1 unspecified atom stereocenters. The van der Waals surface area contributed by atoms with Crippen LogP contribution in [-0.2, 0) is 20.8 Å². The second-order valence-corrected chi connectivity index (χ2v) is 9.80. The van der Waals surface area contributed by atoms with E-state index in [1.54, 1.807) is 24.3 Å². The predicted octanol–water partition coefficient (Wildman–Crippen LogP) is 4.52. The first-order valence-corrected chi connectivity index (χ1v) is 14.2. The summed E-state index contributed by atoms with van der Waals surface area (Å²) < 4.78 is 28.5. The van der Waals surface area contributed by atoms with Crippen LogP contribution in [-0.4, -0.2) is 79.8 Å². The van der Waals surface area contributed by atoms with Crippen molar-refractivity contribution in [1.29, 1.82) is 0 Å². The summed E-state index contributed by atoms with van der Waals surface area (Å²) in [5, 5.41) is 13.2. The van der Waals surface area contributed by atoms with E-state index in [1.807, 2.05) is 19.1 Å². The van der Waals surface area contributed by atoms with Gasteiger partial charge in [0.1, 0.15) is 30.6 Å². The number of aliphatic hydroxyl groups is 1. The molecule has 1 heterocycles. The smallest absolute Gasteiger partial charge is 0.305 e. The molecule has 0 amide bonds. The molecule has 0 radical (unpaired) electrons. The number of hydrogen-bond acceptors (Lipinski definition) is 9. The van der Waals surface area contributed by atoms with E-state index in [2.05, 4.69) is 35.5 Å². The van der Waals surface area contributed by atoms with Crippen molar-refractivity contribution >= 4 is 28.9 Å². The molecule has 1 aliphatic heterocycles. The van der Waals surface area contributed by atoms with Gasteiger partial charge in [-0.15, -0.1) is 0 Å². The number of benzene rings is 2. The summed E-state index contributed by atoms with van der Waals surface area (Å²) in [5.41, 5.74) is 2.58. The molecule has 1 fully saturated rings. The third-order valence-electron chi connectivity index (χ3n) is 6.11. The Hall–Kier alpha value is -3.44. The third kappa shape index (κ3) is 10.5. The number of hydrogen-bond donors (Lipinski definition) is 2. The number of nitrogens with zero attached hydrogens (tertiary/aromatic N) is 1. The van der Waals surface area contributed by atoms with Crippen molar-refractivity contribution in [2.24, 2.45) is 0 Å². The molecule has 2 aromatic carbocycles. The lowest BCUT2D eigenvalue weighted by Gasteiger charge is -2.26. The van der Waals surface area contributed by atoms with Gasteiger partial charge in [0.25, 0.3) is 0 Å². The zero-order chi connectivity index (χ0) is 29.5. The molecule has 1 aliphatic rings. The first-order valence-electron chi connectivity index (χ1n) is 13.8. The number of carbonyl (C=O) groups is 1. The Kier molecular flexibility index (Phi) is 13.6. The molecule has 3 rings (SSSR count). The molecular weight excluding hydrogens is 544 g/mol. The number of rotatable bonds is 17. The number of carbonyl (C=O) groups excluding carboxylic acids is 1. The molecule has 41 heavy (non-hydrogen) atoms. The number of nitrogens with one attached hydrogen (secondary N) is 1. The molecule has 0 bridgehead atoms. The first kappa shape index (κ1) is 32.1. The van der Waals surface area contributed by atoms with Crippen LogP contribution in [0.5, 0.6) is 17.2 Å². The van der Waals surface area contributed by atoms with Crippen LogP contribution in [0.2, 0.25) is 0 Å². The monoisotopic (exact) mass is 584 g/mol. The SMILES string of the molecule is C=CCOc1cc(OCC=C)c(C(=S)Nc2ccc(CN3CCOCC3)cc2)cc1OC(CO)COC(=O)CCC. The Labute approximate surface area is 247 Å². The Morgan fingerprint density at radius 1 is 1.10 bits per heavy atom. The highest BCUT2D eigenvalue weighted by Gasteiger charge is 2.21. The Balaban J connectivity index is 1.81. The maximum absolute atomic E-state index is 11.9. The minimum atomic E-state index is -0.810. The fourth-order valence-corrected chi connectivity index (χ4v) is 4.29. The summed E-state index contributed by atoms with van der Waals surface area (Å²) in [5.74, 6) is 0.783. The van der Waals surface area contributed by atoms with E-state index in [1.165, 1.54) is 5.56 Å². The molecule has 1 saturated heterocycles. The van der Waals surface area contributed by atoms with Crippen molar-refractivity contribution in [3.8, 4) is 17.2 Å². The minimum Gasteiger partial charge on any atom is -0.489 e. The van der Waals surface area contributed by atoms with Gasteiger partial charge in [0.2, 0.25) is 0 Å². The summed E-state index contributed by atoms with van der Waals surface area (Å²) in [6, 6.07) is 11.5. The maximum Gasteiger partial charge on any atom is 0.305 e. The molecule has 1 atom stereocenters. The lowest BCUT2D eigenvalue weighted by Crippen LogP contribution is -2.35. The standard InChI is InChI=1S/C31H40N2O7S/c1-4-7-30(35)39-22-25(21-34)40-29-18-26(27(37-14-5-2)19-28(29)38-15-6-3)31(41)32-24-10-8-23(9-11-24)20-33-12-16-36-17-13-33/h5-6,8-11,18-19,25,34H,2-4,7,12-17,20-22H2,1H3,(H,32,41). The lowest BCUT2D eigenvalue weighted by molar-refractivity contribution is -0.146. The largest absolute Gasteiger partial charge is 0.489 e. The van der Waals surface area contributed by atoms with Gasteiger partial charge in [0.15, 0.2) is 17.6 Å². The van der Waals surface area contributed by atoms with Gasteiger partial charge in [0.05, 0.1) is 25.4 Å². The van der Waals surface area contributed by atoms with Crippen molar-refractivity contribution in [3.05, 3.63) is 72.8 Å². The number of ether oxygens (including phenoxy) is 5. The predicted molar refractivity (Wildman–Crippen MR) is 163 cm³/mol. The number of morpholine rings is 1. The molecule has 2 N–H and O–H groups in total. The summed E-state index contributed by atoms with van der Waals surface area (Å²) >= 11 is 5.78. The van der Waals surface area contributed by atoms with Gasteiger partial charge in [0, 0.05) is 37.8 Å². The van der Waals surface area contributed by atoms with E-state index in [0.29, 0.717) is 40.6 Å². The summed E-state index contributed by atoms with van der Waals surface area (Å²) in [7, 11) is 0. The second-order valence-electron chi connectivity index (χ2n) is 9.39. The van der Waals surface area contributed by atoms with Gasteiger partial charge in [-0.2, -0.15) is 0 Å². The fraction of sp³-hybridized carbons (Fsp3) is 0.419. The number of anilines is 1. The first-order chi connectivity index (χ1) is 20.0. The summed E-state index contributed by atoms with van der Waals surface area (Å²) in [6.45, 7) is 13.5. The van der Waals surface area contributed by atoms with Gasteiger partial charge < -0.3 is 34.1 Å². The second kappa shape index (κ2) is 17.4. The van der Waals surface area contributed by atoms with E-state index < -0.39 is 6.10 Å². The van der Waals surface area contributed by atoms with Crippen molar-refractivity contribution in [3.63, 3.8) is 0 Å². The molecule has 222 valence electrons. The molecular formula is C31H40N2O7S. The average molecular weight is 585 g/mol. The normalized spacial score (nSPS) is 14.0. The van der Waals surface area contributed by atoms with Gasteiger partial charge in [-0.3, -0.25) is 9.69 Å². The maximum atomic E-state index is 11.9. The van der Waals surface area contributed by atoms with Gasteiger partial charge in [-0.1, -0.05) is 56.6 Å². The summed E-state index contributed by atoms with van der Waals surface area (Å²) in [4.78, 5) is 14.6. The van der Waals surface area contributed by atoms with E-state index in [9.17, 15) is 9.90 Å². The van der Waals surface area contributed by atoms with Crippen molar-refractivity contribution in [1.82, 2.24) is 4.90 Å². The highest BCUT2D eigenvalue weighted by molar-refractivity contribution is 7.81. The van der Waals surface area contributed by atoms with Crippen LogP contribution in [0.4, 0.5) is 5.69 Å². The molecule has 2 aromatic rings. The van der Waals surface area contributed by atoms with Crippen molar-refractivity contribution in [2.75, 3.05) is 58.0 Å². The van der Waals surface area contributed by atoms with Crippen LogP contribution in [0.15, 0.2) is 61.7 Å². The van der Waals surface area contributed by atoms with E-state index in [-0.39, 0.29) is 32.4 Å². The van der Waals surface area contributed by atoms with Crippen LogP contribution in [0.1, 0.15) is 30.9 Å². The van der Waals surface area contributed by atoms with Crippen molar-refractivity contribution in [2.45, 2.75) is 32.4 Å². The van der Waals surface area contributed by atoms with E-state index >= 15 is 0 Å². The van der Waals surface area contributed by atoms with Crippen LogP contribution >= 0.6 is 12.2 Å². The van der Waals surface area contributed by atoms with Crippen LogP contribution in [0, 0.1) is 0 Å². The van der Waals surface area contributed by atoms with E-state index in [4.69, 9.17) is 35.9 Å². The molecule has 0 aliphatic carbocycles. The average Bonchev–Trinajstić information content (AvgIpc) is 2.99. The topological polar surface area (TPSA) is 98.7 Å². The van der Waals surface area contributed by atoms with Gasteiger partial charge in [-0.05, 0) is 30.2 Å². The van der Waals surface area contributed by atoms with Gasteiger partial charge in [-0.25, -0.2) is 0 Å². The van der Waals surface area contributed by atoms with Gasteiger partial charge >= 0.3 is 5.97 Å².